The fourth-order valence-electron chi connectivity index (χ4n) is 4.09. The molecule has 0 spiro atoms. The van der Waals surface area contributed by atoms with Crippen LogP contribution >= 0.6 is 11.6 Å². The van der Waals surface area contributed by atoms with Crippen LogP contribution in [-0.4, -0.2) is 51.4 Å². The van der Waals surface area contributed by atoms with E-state index in [1.165, 1.54) is 23.1 Å². The number of ether oxygens (including phenoxy) is 1. The quantitative estimate of drug-likeness (QED) is 0.321. The van der Waals surface area contributed by atoms with Gasteiger partial charge in [0.05, 0.1) is 17.7 Å². The van der Waals surface area contributed by atoms with Crippen molar-refractivity contribution in [3.63, 3.8) is 0 Å². The molecule has 0 aliphatic rings. The van der Waals surface area contributed by atoms with Crippen LogP contribution in [0.2, 0.25) is 5.02 Å². The predicted octanol–water partition coefficient (Wildman–Crippen LogP) is 5.04. The zero-order chi connectivity index (χ0) is 29.4. The molecular formula is C30H36ClN3O5S. The molecule has 0 heterocycles. The number of aryl methyl sites for hydroxylation is 1. The number of hydrogen-bond acceptors (Lipinski definition) is 5. The fourth-order valence-corrected chi connectivity index (χ4v) is 5.74. The van der Waals surface area contributed by atoms with Gasteiger partial charge in [0, 0.05) is 18.1 Å². The number of methoxy groups -OCH3 is 1. The molecule has 1 atom stereocenters. The van der Waals surface area contributed by atoms with E-state index in [0.717, 1.165) is 9.87 Å². The Morgan fingerprint density at radius 3 is 2.33 bits per heavy atom. The summed E-state index contributed by atoms with van der Waals surface area (Å²) in [7, 11) is -2.62. The van der Waals surface area contributed by atoms with Crippen molar-refractivity contribution in [3.8, 4) is 5.75 Å². The van der Waals surface area contributed by atoms with Crippen molar-refractivity contribution >= 4 is 39.1 Å². The highest BCUT2D eigenvalue weighted by atomic mass is 35.5. The average molecular weight is 586 g/mol. The maximum absolute atomic E-state index is 14.0. The van der Waals surface area contributed by atoms with Gasteiger partial charge in [-0.3, -0.25) is 13.9 Å². The van der Waals surface area contributed by atoms with Gasteiger partial charge in [0.25, 0.3) is 10.0 Å². The first-order chi connectivity index (χ1) is 18.9. The Morgan fingerprint density at radius 2 is 1.68 bits per heavy atom. The Morgan fingerprint density at radius 1 is 0.975 bits per heavy atom. The van der Waals surface area contributed by atoms with Gasteiger partial charge >= 0.3 is 0 Å². The number of amides is 2. The molecule has 0 fully saturated rings. The highest BCUT2D eigenvalue weighted by molar-refractivity contribution is 7.92. The largest absolute Gasteiger partial charge is 0.497 e. The molecule has 10 heteroatoms. The maximum atomic E-state index is 14.0. The molecule has 2 amide bonds. The van der Waals surface area contributed by atoms with Gasteiger partial charge in [-0.15, -0.1) is 0 Å². The Kier molecular flexibility index (Phi) is 10.6. The lowest BCUT2D eigenvalue weighted by molar-refractivity contribution is -0.139. The van der Waals surface area contributed by atoms with E-state index in [2.05, 4.69) is 5.32 Å². The second kappa shape index (κ2) is 13.7. The first-order valence-corrected chi connectivity index (χ1v) is 14.8. The number of sulfonamides is 1. The number of carbonyl (C=O) groups excluding carboxylic acids is 2. The minimum atomic E-state index is -4.17. The molecule has 40 heavy (non-hydrogen) atoms. The highest BCUT2D eigenvalue weighted by Crippen LogP contribution is 2.30. The summed E-state index contributed by atoms with van der Waals surface area (Å²) in [6.07, 6.45) is 0. The standard InChI is InChI=1S/C30H36ClN3O5S/c1-21(2)18-32-30(36)23(4)33(19-24-10-9-11-26(16-24)39-5)29(35)20-34(28-17-25(31)15-14-22(28)3)40(37,38)27-12-7-6-8-13-27/h6-17,21,23H,18-20H2,1-5H3,(H,32,36)/t23-/m1/s1. The van der Waals surface area contributed by atoms with E-state index in [9.17, 15) is 18.0 Å². The van der Waals surface area contributed by atoms with Crippen LogP contribution in [0.1, 0.15) is 31.9 Å². The second-order valence-electron chi connectivity index (χ2n) is 9.94. The lowest BCUT2D eigenvalue weighted by atomic mass is 10.1. The van der Waals surface area contributed by atoms with E-state index in [-0.39, 0.29) is 29.0 Å². The number of nitrogens with one attached hydrogen (secondary N) is 1. The first kappa shape index (κ1) is 31.0. The highest BCUT2D eigenvalue weighted by Gasteiger charge is 2.33. The summed E-state index contributed by atoms with van der Waals surface area (Å²) in [5, 5.41) is 3.21. The molecule has 1 N–H and O–H groups in total. The Bertz CT molecular complexity index is 1430. The number of carbonyl (C=O) groups is 2. The van der Waals surface area contributed by atoms with Gasteiger partial charge in [0.2, 0.25) is 11.8 Å². The normalized spacial score (nSPS) is 12.1. The monoisotopic (exact) mass is 585 g/mol. The number of anilines is 1. The molecule has 3 rings (SSSR count). The summed E-state index contributed by atoms with van der Waals surface area (Å²) in [6.45, 7) is 7.31. The van der Waals surface area contributed by atoms with Crippen molar-refractivity contribution in [2.24, 2.45) is 5.92 Å². The molecule has 0 aliphatic carbocycles. The van der Waals surface area contributed by atoms with E-state index in [1.54, 1.807) is 69.5 Å². The van der Waals surface area contributed by atoms with Crippen LogP contribution in [0.5, 0.6) is 5.75 Å². The van der Waals surface area contributed by atoms with E-state index in [1.807, 2.05) is 19.9 Å². The zero-order valence-corrected chi connectivity index (χ0v) is 25.0. The fraction of sp³-hybridized carbons (Fsp3) is 0.333. The molecular weight excluding hydrogens is 550 g/mol. The Balaban J connectivity index is 2.05. The van der Waals surface area contributed by atoms with Gasteiger partial charge in [0.15, 0.2) is 0 Å². The summed E-state index contributed by atoms with van der Waals surface area (Å²) < 4.78 is 34.2. The lowest BCUT2D eigenvalue weighted by Crippen LogP contribution is -2.51. The van der Waals surface area contributed by atoms with Gasteiger partial charge in [-0.25, -0.2) is 8.42 Å². The third-order valence-electron chi connectivity index (χ3n) is 6.39. The molecule has 0 radical (unpaired) electrons. The predicted molar refractivity (Wildman–Crippen MR) is 158 cm³/mol. The molecule has 214 valence electrons. The van der Waals surface area contributed by atoms with E-state index < -0.39 is 28.5 Å². The van der Waals surface area contributed by atoms with Crippen LogP contribution in [-0.2, 0) is 26.2 Å². The minimum Gasteiger partial charge on any atom is -0.497 e. The van der Waals surface area contributed by atoms with E-state index in [4.69, 9.17) is 16.3 Å². The topological polar surface area (TPSA) is 96.0 Å². The van der Waals surface area contributed by atoms with Crippen molar-refractivity contribution in [1.29, 1.82) is 0 Å². The molecule has 0 saturated heterocycles. The Hall–Kier alpha value is -3.56. The smallest absolute Gasteiger partial charge is 0.264 e. The lowest BCUT2D eigenvalue weighted by Gasteiger charge is -2.32. The van der Waals surface area contributed by atoms with Crippen molar-refractivity contribution in [2.45, 2.75) is 45.2 Å². The van der Waals surface area contributed by atoms with Crippen LogP contribution in [0.15, 0.2) is 77.7 Å². The number of halogens is 1. The second-order valence-corrected chi connectivity index (χ2v) is 12.2. The number of rotatable bonds is 12. The third kappa shape index (κ3) is 7.76. The molecule has 0 bridgehead atoms. The molecule has 0 aromatic heterocycles. The zero-order valence-electron chi connectivity index (χ0n) is 23.4. The molecule has 3 aromatic rings. The minimum absolute atomic E-state index is 0.0317. The van der Waals surface area contributed by atoms with Crippen molar-refractivity contribution < 1.29 is 22.7 Å². The molecule has 0 aliphatic heterocycles. The number of benzene rings is 3. The first-order valence-electron chi connectivity index (χ1n) is 13.0. The molecule has 0 saturated carbocycles. The Labute approximate surface area is 241 Å². The molecule has 3 aromatic carbocycles. The van der Waals surface area contributed by atoms with Crippen molar-refractivity contribution in [2.75, 3.05) is 24.5 Å². The number of nitrogens with zero attached hydrogens (tertiary/aromatic N) is 2. The summed E-state index contributed by atoms with van der Waals surface area (Å²) in [5.74, 6) is -0.0594. The number of hydrogen-bond donors (Lipinski definition) is 1. The van der Waals surface area contributed by atoms with Crippen LogP contribution < -0.4 is 14.4 Å². The van der Waals surface area contributed by atoms with Gasteiger partial charge < -0.3 is 15.0 Å². The third-order valence-corrected chi connectivity index (χ3v) is 8.40. The van der Waals surface area contributed by atoms with Crippen molar-refractivity contribution in [3.05, 3.63) is 88.9 Å². The molecule has 0 unspecified atom stereocenters. The summed E-state index contributed by atoms with van der Waals surface area (Å²) in [6, 6.07) is 19.1. The van der Waals surface area contributed by atoms with Crippen LogP contribution in [0, 0.1) is 12.8 Å². The van der Waals surface area contributed by atoms with E-state index in [0.29, 0.717) is 22.9 Å². The maximum Gasteiger partial charge on any atom is 0.264 e. The SMILES string of the molecule is COc1cccc(CN(C(=O)CN(c2cc(Cl)ccc2C)S(=O)(=O)c2ccccc2)[C@H](C)C(=O)NCC(C)C)c1. The van der Waals surface area contributed by atoms with Gasteiger partial charge in [-0.2, -0.15) is 0 Å². The molecule has 8 nitrogen and oxygen atoms in total. The summed E-state index contributed by atoms with van der Waals surface area (Å²) in [5.41, 5.74) is 1.63. The van der Waals surface area contributed by atoms with E-state index >= 15 is 0 Å². The van der Waals surface area contributed by atoms with Gasteiger partial charge in [0.1, 0.15) is 18.3 Å². The summed E-state index contributed by atoms with van der Waals surface area (Å²) in [4.78, 5) is 28.5. The van der Waals surface area contributed by atoms with Crippen LogP contribution in [0.4, 0.5) is 5.69 Å². The van der Waals surface area contributed by atoms with Crippen molar-refractivity contribution in [1.82, 2.24) is 10.2 Å². The van der Waals surface area contributed by atoms with Crippen LogP contribution in [0.25, 0.3) is 0 Å². The van der Waals surface area contributed by atoms with Gasteiger partial charge in [-0.1, -0.05) is 61.8 Å². The van der Waals surface area contributed by atoms with Gasteiger partial charge in [-0.05, 0) is 67.3 Å². The average Bonchev–Trinajstić information content (AvgIpc) is 2.94. The summed E-state index contributed by atoms with van der Waals surface area (Å²) >= 11 is 6.26. The van der Waals surface area contributed by atoms with Crippen LogP contribution in [0.3, 0.4) is 0 Å².